The summed E-state index contributed by atoms with van der Waals surface area (Å²) in [5.41, 5.74) is 4.04. The number of amides is 1. The molecule has 4 aromatic heterocycles. The fraction of sp³-hybridized carbons (Fsp3) is 0.238. The second kappa shape index (κ2) is 6.83. The molecule has 5 rings (SSSR count). The van der Waals surface area contributed by atoms with Gasteiger partial charge in [0.15, 0.2) is 11.5 Å². The van der Waals surface area contributed by atoms with Gasteiger partial charge >= 0.3 is 0 Å². The largest absolute Gasteiger partial charge is 0.337 e. The van der Waals surface area contributed by atoms with Crippen LogP contribution >= 0.6 is 11.3 Å². The first-order valence-electron chi connectivity index (χ1n) is 9.29. The van der Waals surface area contributed by atoms with Crippen LogP contribution in [0.2, 0.25) is 0 Å². The Hall–Kier alpha value is -3.06. The van der Waals surface area contributed by atoms with Crippen molar-refractivity contribution >= 4 is 22.9 Å². The lowest BCUT2D eigenvalue weighted by atomic mass is 10.1. The number of fused-ring (bicyclic) bond motifs is 1. The number of aryl methyl sites for hydroxylation is 1. The Morgan fingerprint density at radius 3 is 2.79 bits per heavy atom. The highest BCUT2D eigenvalue weighted by atomic mass is 32.1. The normalized spacial score (nSPS) is 16.8. The summed E-state index contributed by atoms with van der Waals surface area (Å²) in [6.07, 6.45) is 6.45. The topological polar surface area (TPSA) is 63.4 Å². The monoisotopic (exact) mass is 389 g/mol. The molecule has 0 saturated carbocycles. The summed E-state index contributed by atoms with van der Waals surface area (Å²) in [7, 11) is 0. The minimum Gasteiger partial charge on any atom is -0.337 e. The summed E-state index contributed by atoms with van der Waals surface area (Å²) >= 11 is 1.51. The standard InChI is InChI=1S/C21H19N5OS/c1-14-7-11-28-19(14)21(27)25-10-6-17(12-25)20-23-18-3-2-16(13-26(18)24-20)15-4-8-22-9-5-15/h2-5,7-9,11,13,17H,6,10,12H2,1H3/t17-/m0/s1. The van der Waals surface area contributed by atoms with E-state index in [0.717, 1.165) is 46.0 Å². The van der Waals surface area contributed by atoms with E-state index in [4.69, 9.17) is 10.1 Å². The first-order chi connectivity index (χ1) is 13.7. The lowest BCUT2D eigenvalue weighted by Crippen LogP contribution is -2.28. The van der Waals surface area contributed by atoms with Crippen LogP contribution in [-0.2, 0) is 0 Å². The summed E-state index contributed by atoms with van der Waals surface area (Å²) in [4.78, 5) is 24.3. The molecule has 7 heteroatoms. The number of likely N-dealkylation sites (tertiary alicyclic amines) is 1. The Balaban J connectivity index is 1.38. The lowest BCUT2D eigenvalue weighted by Gasteiger charge is -2.15. The van der Waals surface area contributed by atoms with E-state index in [0.29, 0.717) is 6.54 Å². The summed E-state index contributed by atoms with van der Waals surface area (Å²) in [5, 5.41) is 6.68. The zero-order valence-electron chi connectivity index (χ0n) is 15.4. The third kappa shape index (κ3) is 2.97. The van der Waals surface area contributed by atoms with E-state index in [1.165, 1.54) is 11.3 Å². The number of thiophene rings is 1. The minimum atomic E-state index is 0.124. The average molecular weight is 389 g/mol. The van der Waals surface area contributed by atoms with Crippen molar-refractivity contribution in [1.29, 1.82) is 0 Å². The van der Waals surface area contributed by atoms with Crippen LogP contribution in [0, 0.1) is 6.92 Å². The molecule has 0 radical (unpaired) electrons. The molecular weight excluding hydrogens is 370 g/mol. The van der Waals surface area contributed by atoms with E-state index in [1.807, 2.05) is 58.2 Å². The predicted molar refractivity (Wildman–Crippen MR) is 109 cm³/mol. The van der Waals surface area contributed by atoms with Crippen LogP contribution in [0.25, 0.3) is 16.8 Å². The highest BCUT2D eigenvalue weighted by Crippen LogP contribution is 2.29. The molecule has 1 amide bonds. The zero-order valence-corrected chi connectivity index (χ0v) is 16.3. The van der Waals surface area contributed by atoms with E-state index in [1.54, 1.807) is 12.4 Å². The summed E-state index contributed by atoms with van der Waals surface area (Å²) in [6.45, 7) is 3.41. The van der Waals surface area contributed by atoms with Crippen molar-refractivity contribution in [2.75, 3.05) is 13.1 Å². The van der Waals surface area contributed by atoms with Gasteiger partial charge in [-0.1, -0.05) is 0 Å². The molecule has 0 N–H and O–H groups in total. The van der Waals surface area contributed by atoms with Gasteiger partial charge < -0.3 is 4.90 Å². The molecule has 5 heterocycles. The number of rotatable bonds is 3. The van der Waals surface area contributed by atoms with Crippen LogP contribution in [0.1, 0.15) is 33.4 Å². The molecule has 1 aliphatic heterocycles. The predicted octanol–water partition coefficient (Wildman–Crippen LogP) is 3.79. The number of carbonyl (C=O) groups excluding carboxylic acids is 1. The minimum absolute atomic E-state index is 0.124. The third-order valence-electron chi connectivity index (χ3n) is 5.26. The van der Waals surface area contributed by atoms with Crippen molar-refractivity contribution < 1.29 is 4.79 Å². The zero-order chi connectivity index (χ0) is 19.1. The van der Waals surface area contributed by atoms with Crippen LogP contribution in [0.5, 0.6) is 0 Å². The molecule has 4 aromatic rings. The quantitative estimate of drug-likeness (QED) is 0.535. The molecule has 0 spiro atoms. The molecule has 0 unspecified atom stereocenters. The van der Waals surface area contributed by atoms with E-state index < -0.39 is 0 Å². The van der Waals surface area contributed by atoms with Gasteiger partial charge in [-0.2, -0.15) is 5.10 Å². The maximum Gasteiger partial charge on any atom is 0.264 e. The fourth-order valence-corrected chi connectivity index (χ4v) is 4.57. The maximum atomic E-state index is 12.8. The van der Waals surface area contributed by atoms with Gasteiger partial charge in [-0.25, -0.2) is 9.50 Å². The number of hydrogen-bond acceptors (Lipinski definition) is 5. The van der Waals surface area contributed by atoms with Crippen LogP contribution in [0.3, 0.4) is 0 Å². The Bertz CT molecular complexity index is 1150. The summed E-state index contributed by atoms with van der Waals surface area (Å²) in [6, 6.07) is 9.99. The fourth-order valence-electron chi connectivity index (χ4n) is 3.68. The van der Waals surface area contributed by atoms with E-state index in [-0.39, 0.29) is 11.8 Å². The van der Waals surface area contributed by atoms with Gasteiger partial charge in [-0.15, -0.1) is 11.3 Å². The van der Waals surface area contributed by atoms with Crippen LogP contribution < -0.4 is 0 Å². The van der Waals surface area contributed by atoms with Gasteiger partial charge in [0.25, 0.3) is 5.91 Å². The van der Waals surface area contributed by atoms with Crippen molar-refractivity contribution in [2.24, 2.45) is 0 Å². The van der Waals surface area contributed by atoms with Gasteiger partial charge in [0.1, 0.15) is 0 Å². The number of pyridine rings is 2. The van der Waals surface area contributed by atoms with E-state index >= 15 is 0 Å². The van der Waals surface area contributed by atoms with Gasteiger partial charge in [0.2, 0.25) is 0 Å². The SMILES string of the molecule is Cc1ccsc1C(=O)N1CC[C@H](c2nc3ccc(-c4ccncc4)cn3n2)C1. The molecule has 28 heavy (non-hydrogen) atoms. The number of aromatic nitrogens is 4. The highest BCUT2D eigenvalue weighted by Gasteiger charge is 2.31. The van der Waals surface area contributed by atoms with Gasteiger partial charge in [0.05, 0.1) is 4.88 Å². The van der Waals surface area contributed by atoms with E-state index in [2.05, 4.69) is 4.98 Å². The second-order valence-electron chi connectivity index (χ2n) is 7.10. The summed E-state index contributed by atoms with van der Waals surface area (Å²) in [5.74, 6) is 1.11. The van der Waals surface area contributed by atoms with Crippen molar-refractivity contribution in [3.8, 4) is 11.1 Å². The molecular formula is C21H19N5OS. The first kappa shape index (κ1) is 17.1. The molecule has 0 aromatic carbocycles. The van der Waals surface area contributed by atoms with Crippen molar-refractivity contribution in [3.05, 3.63) is 70.6 Å². The molecule has 1 atom stereocenters. The van der Waals surface area contributed by atoms with Crippen LogP contribution in [-0.4, -0.2) is 43.5 Å². The van der Waals surface area contributed by atoms with Crippen LogP contribution in [0.4, 0.5) is 0 Å². The van der Waals surface area contributed by atoms with Crippen molar-refractivity contribution in [1.82, 2.24) is 24.5 Å². The van der Waals surface area contributed by atoms with Gasteiger partial charge in [-0.05, 0) is 60.2 Å². The molecule has 0 bridgehead atoms. The Labute approximate surface area is 166 Å². The van der Waals surface area contributed by atoms with Crippen molar-refractivity contribution in [3.63, 3.8) is 0 Å². The van der Waals surface area contributed by atoms with Crippen LogP contribution in [0.15, 0.2) is 54.3 Å². The molecule has 1 fully saturated rings. The average Bonchev–Trinajstić information content (AvgIpc) is 3.46. The molecule has 1 aliphatic rings. The Kier molecular flexibility index (Phi) is 4.16. The van der Waals surface area contributed by atoms with Gasteiger partial charge in [0, 0.05) is 43.2 Å². The number of nitrogens with zero attached hydrogens (tertiary/aromatic N) is 5. The maximum absolute atomic E-state index is 12.8. The molecule has 0 aliphatic carbocycles. The van der Waals surface area contributed by atoms with Crippen molar-refractivity contribution in [2.45, 2.75) is 19.3 Å². The molecule has 140 valence electrons. The molecule has 6 nitrogen and oxygen atoms in total. The smallest absolute Gasteiger partial charge is 0.264 e. The Morgan fingerprint density at radius 2 is 2.00 bits per heavy atom. The Morgan fingerprint density at radius 1 is 1.14 bits per heavy atom. The number of hydrogen-bond donors (Lipinski definition) is 0. The van der Waals surface area contributed by atoms with Gasteiger partial charge in [-0.3, -0.25) is 9.78 Å². The second-order valence-corrected chi connectivity index (χ2v) is 8.01. The first-order valence-corrected chi connectivity index (χ1v) is 10.2. The summed E-state index contributed by atoms with van der Waals surface area (Å²) < 4.78 is 1.83. The molecule has 1 saturated heterocycles. The number of carbonyl (C=O) groups is 1. The highest BCUT2D eigenvalue weighted by molar-refractivity contribution is 7.12. The lowest BCUT2D eigenvalue weighted by molar-refractivity contribution is 0.0794. The van der Waals surface area contributed by atoms with E-state index in [9.17, 15) is 4.79 Å². The third-order valence-corrected chi connectivity index (χ3v) is 6.26.